The highest BCUT2D eigenvalue weighted by molar-refractivity contribution is 5.80. The van der Waals surface area contributed by atoms with Gasteiger partial charge < -0.3 is 5.32 Å². The van der Waals surface area contributed by atoms with Crippen LogP contribution in [0.2, 0.25) is 0 Å². The summed E-state index contributed by atoms with van der Waals surface area (Å²) >= 11 is 0. The van der Waals surface area contributed by atoms with Crippen LogP contribution in [0.4, 0.5) is 4.39 Å². The van der Waals surface area contributed by atoms with Crippen LogP contribution in [0.5, 0.6) is 0 Å². The molecule has 0 heterocycles. The number of halogens is 1. The van der Waals surface area contributed by atoms with Gasteiger partial charge in [0, 0.05) is 12.5 Å². The lowest BCUT2D eigenvalue weighted by Crippen LogP contribution is -2.24. The number of benzene rings is 2. The number of allylic oxidation sites excluding steroid dienone is 1. The highest BCUT2D eigenvalue weighted by Gasteiger charge is 2.29. The molecule has 3 heteroatoms. The van der Waals surface area contributed by atoms with Crippen molar-refractivity contribution in [3.05, 3.63) is 75.6 Å². The second-order valence-electron chi connectivity index (χ2n) is 7.79. The van der Waals surface area contributed by atoms with Gasteiger partial charge in [0.25, 0.3) is 0 Å². The van der Waals surface area contributed by atoms with E-state index in [9.17, 15) is 9.18 Å². The summed E-state index contributed by atoms with van der Waals surface area (Å²) in [7, 11) is 0. The first-order chi connectivity index (χ1) is 12.8. The van der Waals surface area contributed by atoms with Crippen LogP contribution in [0.25, 0.3) is 6.08 Å². The number of amides is 1. The summed E-state index contributed by atoms with van der Waals surface area (Å²) in [5.74, 6) is 0.514. The van der Waals surface area contributed by atoms with Crippen LogP contribution in [0, 0.1) is 32.5 Å². The summed E-state index contributed by atoms with van der Waals surface area (Å²) in [4.78, 5) is 11.8. The number of rotatable bonds is 6. The van der Waals surface area contributed by atoms with E-state index in [-0.39, 0.29) is 23.6 Å². The van der Waals surface area contributed by atoms with E-state index in [1.807, 2.05) is 26.0 Å². The van der Waals surface area contributed by atoms with E-state index in [1.165, 1.54) is 5.56 Å². The molecule has 0 bridgehead atoms. The zero-order chi connectivity index (χ0) is 19.6. The van der Waals surface area contributed by atoms with Crippen LogP contribution >= 0.6 is 0 Å². The van der Waals surface area contributed by atoms with Crippen molar-refractivity contribution in [1.82, 2.24) is 5.32 Å². The van der Waals surface area contributed by atoms with Crippen molar-refractivity contribution in [3.63, 3.8) is 0 Å². The molecule has 1 N–H and O–H groups in total. The molecule has 2 nitrogen and oxygen atoms in total. The minimum Gasteiger partial charge on any atom is -0.352 e. The predicted molar refractivity (Wildman–Crippen MR) is 109 cm³/mol. The molecule has 0 spiro atoms. The van der Waals surface area contributed by atoms with E-state index in [0.717, 1.165) is 29.5 Å². The van der Waals surface area contributed by atoms with Gasteiger partial charge in [-0.1, -0.05) is 49.4 Å². The number of carbonyl (C=O) groups is 1. The molecule has 0 saturated heterocycles. The third kappa shape index (κ3) is 4.85. The maximum absolute atomic E-state index is 13.8. The molecule has 0 aliphatic heterocycles. The minimum absolute atomic E-state index is 0.116. The Labute approximate surface area is 161 Å². The van der Waals surface area contributed by atoms with E-state index >= 15 is 0 Å². The smallest absolute Gasteiger partial charge is 0.223 e. The fourth-order valence-corrected chi connectivity index (χ4v) is 3.30. The highest BCUT2D eigenvalue weighted by atomic mass is 19.1. The van der Waals surface area contributed by atoms with Gasteiger partial charge in [0.1, 0.15) is 5.82 Å². The summed E-state index contributed by atoms with van der Waals surface area (Å²) in [6, 6.07) is 10.2. The zero-order valence-corrected chi connectivity index (χ0v) is 16.6. The van der Waals surface area contributed by atoms with Crippen molar-refractivity contribution in [2.24, 2.45) is 5.92 Å². The molecular formula is C24H28FNO. The average molecular weight is 365 g/mol. The van der Waals surface area contributed by atoms with Gasteiger partial charge in [0.15, 0.2) is 0 Å². The standard InChI is InChI=1S/C24H28FNO/c1-15(22-12-17(3)23(25)18(4)13-22)5-6-19-7-8-21(16(2)11-19)14-26-24(27)20-9-10-20/h5-8,11-13,15,20H,9-10,14H2,1-4H3,(H,26,27)/b6-5+. The zero-order valence-electron chi connectivity index (χ0n) is 16.6. The van der Waals surface area contributed by atoms with Gasteiger partial charge in [0.05, 0.1) is 0 Å². The van der Waals surface area contributed by atoms with Gasteiger partial charge in [-0.2, -0.15) is 0 Å². The third-order valence-electron chi connectivity index (χ3n) is 5.33. The maximum atomic E-state index is 13.8. The van der Waals surface area contributed by atoms with Gasteiger partial charge in [-0.3, -0.25) is 4.79 Å². The molecule has 142 valence electrons. The first kappa shape index (κ1) is 19.3. The Hall–Kier alpha value is -2.42. The van der Waals surface area contributed by atoms with Gasteiger partial charge in [-0.25, -0.2) is 4.39 Å². The van der Waals surface area contributed by atoms with Gasteiger partial charge in [-0.15, -0.1) is 0 Å². The Kier molecular flexibility index (Phi) is 5.79. The van der Waals surface area contributed by atoms with E-state index < -0.39 is 0 Å². The van der Waals surface area contributed by atoms with Crippen LogP contribution in [-0.2, 0) is 11.3 Å². The molecule has 0 aromatic heterocycles. The van der Waals surface area contributed by atoms with E-state index in [4.69, 9.17) is 0 Å². The number of carbonyl (C=O) groups excluding carboxylic acids is 1. The molecule has 27 heavy (non-hydrogen) atoms. The Morgan fingerprint density at radius 1 is 1.15 bits per heavy atom. The molecule has 1 fully saturated rings. The van der Waals surface area contributed by atoms with Crippen LogP contribution in [-0.4, -0.2) is 5.91 Å². The third-order valence-corrected chi connectivity index (χ3v) is 5.33. The quantitative estimate of drug-likeness (QED) is 0.710. The predicted octanol–water partition coefficient (Wildman–Crippen LogP) is 5.59. The normalized spacial score (nSPS) is 15.1. The largest absolute Gasteiger partial charge is 0.352 e. The monoisotopic (exact) mass is 365 g/mol. The SMILES string of the molecule is Cc1cc(/C=C/C(C)c2cc(C)c(F)c(C)c2)ccc1CNC(=O)C1CC1. The molecule has 1 saturated carbocycles. The molecule has 1 amide bonds. The summed E-state index contributed by atoms with van der Waals surface area (Å²) in [6.07, 6.45) is 6.31. The second-order valence-corrected chi connectivity index (χ2v) is 7.79. The second kappa shape index (κ2) is 8.08. The summed E-state index contributed by atoms with van der Waals surface area (Å²) in [5.41, 5.74) is 5.97. The molecule has 1 unspecified atom stereocenters. The van der Waals surface area contributed by atoms with Crippen molar-refractivity contribution in [2.75, 3.05) is 0 Å². The number of nitrogens with one attached hydrogen (secondary N) is 1. The van der Waals surface area contributed by atoms with Crippen molar-refractivity contribution in [2.45, 2.75) is 53.0 Å². The Morgan fingerprint density at radius 3 is 2.41 bits per heavy atom. The van der Waals surface area contributed by atoms with Crippen LogP contribution in [0.1, 0.15) is 59.1 Å². The van der Waals surface area contributed by atoms with Crippen LogP contribution < -0.4 is 5.32 Å². The fraction of sp³-hybridized carbons (Fsp3) is 0.375. The van der Waals surface area contributed by atoms with Gasteiger partial charge in [-0.05, 0) is 72.9 Å². The fourth-order valence-electron chi connectivity index (χ4n) is 3.30. The molecule has 1 atom stereocenters. The summed E-state index contributed by atoms with van der Waals surface area (Å²) in [5, 5.41) is 3.02. The molecule has 1 aliphatic carbocycles. The molecular weight excluding hydrogens is 337 g/mol. The lowest BCUT2D eigenvalue weighted by atomic mass is 9.95. The van der Waals surface area contributed by atoms with E-state index in [2.05, 4.69) is 49.5 Å². The molecule has 2 aromatic rings. The number of aryl methyl sites for hydroxylation is 3. The molecule has 2 aromatic carbocycles. The Bertz CT molecular complexity index is 857. The lowest BCUT2D eigenvalue weighted by molar-refractivity contribution is -0.122. The minimum atomic E-state index is -0.116. The van der Waals surface area contributed by atoms with Crippen LogP contribution in [0.15, 0.2) is 36.4 Å². The van der Waals surface area contributed by atoms with Gasteiger partial charge >= 0.3 is 0 Å². The van der Waals surface area contributed by atoms with Crippen molar-refractivity contribution >= 4 is 12.0 Å². The van der Waals surface area contributed by atoms with Crippen LogP contribution in [0.3, 0.4) is 0 Å². The maximum Gasteiger partial charge on any atom is 0.223 e. The highest BCUT2D eigenvalue weighted by Crippen LogP contribution is 2.29. The van der Waals surface area contributed by atoms with Gasteiger partial charge in [0.2, 0.25) is 5.91 Å². The molecule has 0 radical (unpaired) electrons. The Balaban J connectivity index is 1.66. The topological polar surface area (TPSA) is 29.1 Å². The summed E-state index contributed by atoms with van der Waals surface area (Å²) in [6.45, 7) is 8.41. The molecule has 3 rings (SSSR count). The lowest BCUT2D eigenvalue weighted by Gasteiger charge is -2.11. The number of hydrogen-bond acceptors (Lipinski definition) is 1. The van der Waals surface area contributed by atoms with Crippen molar-refractivity contribution < 1.29 is 9.18 Å². The van der Waals surface area contributed by atoms with E-state index in [1.54, 1.807) is 0 Å². The van der Waals surface area contributed by atoms with Crippen molar-refractivity contribution in [3.8, 4) is 0 Å². The first-order valence-corrected chi connectivity index (χ1v) is 9.67. The number of hydrogen-bond donors (Lipinski definition) is 1. The van der Waals surface area contributed by atoms with E-state index in [0.29, 0.717) is 17.7 Å². The average Bonchev–Trinajstić information content (AvgIpc) is 3.48. The Morgan fingerprint density at radius 2 is 1.81 bits per heavy atom. The molecule has 1 aliphatic rings. The summed E-state index contributed by atoms with van der Waals surface area (Å²) < 4.78 is 13.8. The first-order valence-electron chi connectivity index (χ1n) is 9.67. The van der Waals surface area contributed by atoms with Crippen molar-refractivity contribution in [1.29, 1.82) is 0 Å².